The predicted molar refractivity (Wildman–Crippen MR) is 78.0 cm³/mol. The maximum Gasteiger partial charge on any atom is 0.0380 e. The molecule has 18 heavy (non-hydrogen) atoms. The minimum absolute atomic E-state index is 0.223. The highest BCUT2D eigenvalue weighted by molar-refractivity contribution is 5.55. The molecule has 0 aliphatic heterocycles. The molecule has 2 aliphatic carbocycles. The van der Waals surface area contributed by atoms with Crippen molar-refractivity contribution in [3.63, 3.8) is 0 Å². The van der Waals surface area contributed by atoms with Gasteiger partial charge in [0.1, 0.15) is 0 Å². The van der Waals surface area contributed by atoms with Crippen LogP contribution >= 0.6 is 0 Å². The summed E-state index contributed by atoms with van der Waals surface area (Å²) in [6.07, 6.45) is 5.75. The summed E-state index contributed by atoms with van der Waals surface area (Å²) in [5, 5.41) is 3.88. The van der Waals surface area contributed by atoms with Gasteiger partial charge in [-0.1, -0.05) is 39.0 Å². The topological polar surface area (TPSA) is 12.0 Å². The van der Waals surface area contributed by atoms with E-state index in [2.05, 4.69) is 50.4 Å². The first-order chi connectivity index (χ1) is 8.55. The molecule has 1 heteroatoms. The van der Waals surface area contributed by atoms with E-state index in [9.17, 15) is 0 Å². The highest BCUT2D eigenvalue weighted by Crippen LogP contribution is 2.46. The second-order valence-electron chi connectivity index (χ2n) is 7.14. The van der Waals surface area contributed by atoms with Gasteiger partial charge in [-0.25, -0.2) is 0 Å². The van der Waals surface area contributed by atoms with E-state index in [4.69, 9.17) is 0 Å². The average Bonchev–Trinajstić information content (AvgIpc) is 3.16. The number of hydrogen-bond acceptors (Lipinski definition) is 1. The fraction of sp³-hybridized carbons (Fsp3) is 0.647. The lowest BCUT2D eigenvalue weighted by atomic mass is 9.85. The summed E-state index contributed by atoms with van der Waals surface area (Å²) in [4.78, 5) is 0. The first-order valence-electron chi connectivity index (χ1n) is 7.42. The average molecular weight is 243 g/mol. The molecule has 0 saturated heterocycles. The van der Waals surface area contributed by atoms with E-state index in [1.165, 1.54) is 36.9 Å². The van der Waals surface area contributed by atoms with E-state index in [0.717, 1.165) is 17.9 Å². The lowest BCUT2D eigenvalue weighted by Gasteiger charge is -2.27. The summed E-state index contributed by atoms with van der Waals surface area (Å²) < 4.78 is 0. The Hall–Kier alpha value is -0.980. The van der Waals surface area contributed by atoms with Crippen molar-refractivity contribution in [2.24, 2.45) is 11.8 Å². The Morgan fingerprint density at radius 1 is 1.00 bits per heavy atom. The van der Waals surface area contributed by atoms with Gasteiger partial charge in [0, 0.05) is 11.7 Å². The zero-order chi connectivity index (χ0) is 12.8. The van der Waals surface area contributed by atoms with Gasteiger partial charge in [-0.3, -0.25) is 0 Å². The molecule has 0 heterocycles. The Morgan fingerprint density at radius 2 is 1.56 bits per heavy atom. The second kappa shape index (κ2) is 4.29. The zero-order valence-electron chi connectivity index (χ0n) is 11.9. The molecule has 98 valence electrons. The van der Waals surface area contributed by atoms with Crippen molar-refractivity contribution in [1.82, 2.24) is 0 Å². The molecule has 0 unspecified atom stereocenters. The van der Waals surface area contributed by atoms with E-state index in [1.54, 1.807) is 0 Å². The lowest BCUT2D eigenvalue weighted by Crippen LogP contribution is -2.26. The van der Waals surface area contributed by atoms with Crippen molar-refractivity contribution in [2.45, 2.75) is 57.9 Å². The lowest BCUT2D eigenvalue weighted by molar-refractivity contribution is 0.557. The molecule has 3 rings (SSSR count). The zero-order valence-corrected chi connectivity index (χ0v) is 11.9. The normalized spacial score (nSPS) is 20.2. The van der Waals surface area contributed by atoms with Crippen LogP contribution in [0.3, 0.4) is 0 Å². The largest absolute Gasteiger partial charge is 0.382 e. The first-order valence-corrected chi connectivity index (χ1v) is 7.42. The van der Waals surface area contributed by atoms with Crippen LogP contribution in [0.2, 0.25) is 0 Å². The van der Waals surface area contributed by atoms with Crippen LogP contribution in [-0.4, -0.2) is 6.04 Å². The van der Waals surface area contributed by atoms with Crippen molar-refractivity contribution in [1.29, 1.82) is 0 Å². The fourth-order valence-corrected chi connectivity index (χ4v) is 2.97. The van der Waals surface area contributed by atoms with Crippen LogP contribution in [0.4, 0.5) is 5.69 Å². The molecular formula is C17H25N. The van der Waals surface area contributed by atoms with E-state index in [1.807, 2.05) is 0 Å². The Labute approximate surface area is 111 Å². The van der Waals surface area contributed by atoms with Crippen LogP contribution in [-0.2, 0) is 5.41 Å². The molecule has 2 fully saturated rings. The summed E-state index contributed by atoms with van der Waals surface area (Å²) in [7, 11) is 0. The van der Waals surface area contributed by atoms with Gasteiger partial charge in [0.25, 0.3) is 0 Å². The fourth-order valence-electron chi connectivity index (χ4n) is 2.97. The molecule has 0 amide bonds. The molecule has 1 aromatic carbocycles. The molecule has 0 bridgehead atoms. The van der Waals surface area contributed by atoms with Crippen molar-refractivity contribution in [3.8, 4) is 0 Å². The van der Waals surface area contributed by atoms with Crippen LogP contribution in [0.1, 0.15) is 52.0 Å². The van der Waals surface area contributed by atoms with Gasteiger partial charge < -0.3 is 5.32 Å². The molecule has 0 aromatic heterocycles. The standard InChI is InChI=1S/C17H25N/c1-17(2,3)14-6-4-5-7-15(14)18-16(12-8-9-12)13-10-11-13/h4-7,12-13,16,18H,8-11H2,1-3H3. The minimum Gasteiger partial charge on any atom is -0.382 e. The molecule has 1 N–H and O–H groups in total. The summed E-state index contributed by atoms with van der Waals surface area (Å²) in [5.74, 6) is 1.90. The maximum atomic E-state index is 3.88. The number of para-hydroxylation sites is 1. The number of benzene rings is 1. The summed E-state index contributed by atoms with van der Waals surface area (Å²) in [5.41, 5.74) is 3.05. The van der Waals surface area contributed by atoms with E-state index >= 15 is 0 Å². The third-order valence-electron chi connectivity index (χ3n) is 4.32. The number of anilines is 1. The van der Waals surface area contributed by atoms with Crippen molar-refractivity contribution >= 4 is 5.69 Å². The quantitative estimate of drug-likeness (QED) is 0.816. The second-order valence-corrected chi connectivity index (χ2v) is 7.14. The van der Waals surface area contributed by atoms with Gasteiger partial charge in [0.05, 0.1) is 0 Å². The predicted octanol–water partition coefficient (Wildman–Crippen LogP) is 4.58. The third kappa shape index (κ3) is 2.55. The minimum atomic E-state index is 0.223. The highest BCUT2D eigenvalue weighted by atomic mass is 15.0. The van der Waals surface area contributed by atoms with Crippen molar-refractivity contribution < 1.29 is 0 Å². The van der Waals surface area contributed by atoms with Crippen molar-refractivity contribution in [2.75, 3.05) is 5.32 Å². The summed E-state index contributed by atoms with van der Waals surface area (Å²) in [6.45, 7) is 6.91. The molecular weight excluding hydrogens is 218 g/mol. The monoisotopic (exact) mass is 243 g/mol. The Bertz CT molecular complexity index is 409. The highest BCUT2D eigenvalue weighted by Gasteiger charge is 2.41. The molecule has 1 aromatic rings. The van der Waals surface area contributed by atoms with Gasteiger partial charge in [0.15, 0.2) is 0 Å². The molecule has 1 nitrogen and oxygen atoms in total. The first kappa shape index (κ1) is 12.1. The van der Waals surface area contributed by atoms with Gasteiger partial charge in [-0.15, -0.1) is 0 Å². The molecule has 2 aliphatic rings. The Balaban J connectivity index is 1.82. The molecule has 0 spiro atoms. The molecule has 0 radical (unpaired) electrons. The Kier molecular flexibility index (Phi) is 2.88. The maximum absolute atomic E-state index is 3.88. The Morgan fingerprint density at radius 3 is 2.06 bits per heavy atom. The van der Waals surface area contributed by atoms with Crippen LogP contribution in [0.5, 0.6) is 0 Å². The van der Waals surface area contributed by atoms with Crippen molar-refractivity contribution in [3.05, 3.63) is 29.8 Å². The SMILES string of the molecule is CC(C)(C)c1ccccc1NC(C1CC1)C1CC1. The van der Waals surface area contributed by atoms with Crippen LogP contribution in [0.25, 0.3) is 0 Å². The van der Waals surface area contributed by atoms with E-state index in [0.29, 0.717) is 0 Å². The van der Waals surface area contributed by atoms with Crippen LogP contribution in [0, 0.1) is 11.8 Å². The van der Waals surface area contributed by atoms with Gasteiger partial charge in [0.2, 0.25) is 0 Å². The summed E-state index contributed by atoms with van der Waals surface area (Å²) >= 11 is 0. The van der Waals surface area contributed by atoms with Gasteiger partial charge in [-0.05, 0) is 54.6 Å². The van der Waals surface area contributed by atoms with Gasteiger partial charge in [-0.2, -0.15) is 0 Å². The van der Waals surface area contributed by atoms with Crippen LogP contribution < -0.4 is 5.32 Å². The van der Waals surface area contributed by atoms with Gasteiger partial charge >= 0.3 is 0 Å². The summed E-state index contributed by atoms with van der Waals surface area (Å²) in [6, 6.07) is 9.61. The van der Waals surface area contributed by atoms with E-state index in [-0.39, 0.29) is 5.41 Å². The smallest absolute Gasteiger partial charge is 0.0380 e. The van der Waals surface area contributed by atoms with E-state index < -0.39 is 0 Å². The third-order valence-corrected chi connectivity index (χ3v) is 4.32. The van der Waals surface area contributed by atoms with Crippen LogP contribution in [0.15, 0.2) is 24.3 Å². The molecule has 2 saturated carbocycles. The molecule has 0 atom stereocenters. The number of rotatable bonds is 4. The number of nitrogens with one attached hydrogen (secondary N) is 1. The number of hydrogen-bond donors (Lipinski definition) is 1.